The van der Waals surface area contributed by atoms with Gasteiger partial charge in [-0.1, -0.05) is 35.9 Å². The second kappa shape index (κ2) is 7.53. The van der Waals surface area contributed by atoms with Crippen LogP contribution in [0.4, 0.5) is 16.0 Å². The highest BCUT2D eigenvalue weighted by atomic mass is 19.1. The zero-order chi connectivity index (χ0) is 17.6. The van der Waals surface area contributed by atoms with Crippen LogP contribution in [0.5, 0.6) is 0 Å². The fraction of sp³-hybridized carbons (Fsp3) is 0.105. The molecule has 2 aromatic carbocycles. The molecule has 0 radical (unpaired) electrons. The number of rotatable bonds is 5. The topological polar surface area (TPSA) is 66.9 Å². The monoisotopic (exact) mass is 336 g/mol. The number of hydrogen-bond donors (Lipinski definition) is 2. The first-order valence-corrected chi connectivity index (χ1v) is 7.80. The van der Waals surface area contributed by atoms with Gasteiger partial charge in [-0.2, -0.15) is 0 Å². The SMILES string of the molecule is Cc1ccc(Nc2nccc(C(=O)NCc3ccccc3F)n2)cc1. The summed E-state index contributed by atoms with van der Waals surface area (Å²) >= 11 is 0. The van der Waals surface area contributed by atoms with Gasteiger partial charge in [0.1, 0.15) is 11.5 Å². The number of anilines is 2. The lowest BCUT2D eigenvalue weighted by Gasteiger charge is -2.08. The number of aryl methyl sites for hydroxylation is 1. The third-order valence-electron chi connectivity index (χ3n) is 3.59. The number of halogens is 1. The van der Waals surface area contributed by atoms with E-state index >= 15 is 0 Å². The van der Waals surface area contributed by atoms with Crippen LogP contribution in [0.25, 0.3) is 0 Å². The van der Waals surface area contributed by atoms with Crippen LogP contribution < -0.4 is 10.6 Å². The Kier molecular flexibility index (Phi) is 4.99. The van der Waals surface area contributed by atoms with E-state index in [9.17, 15) is 9.18 Å². The molecule has 1 aromatic heterocycles. The Labute approximate surface area is 145 Å². The van der Waals surface area contributed by atoms with Crippen LogP contribution in [-0.2, 0) is 6.54 Å². The van der Waals surface area contributed by atoms with Gasteiger partial charge in [-0.15, -0.1) is 0 Å². The van der Waals surface area contributed by atoms with E-state index in [1.165, 1.54) is 18.3 Å². The van der Waals surface area contributed by atoms with Crippen molar-refractivity contribution in [1.29, 1.82) is 0 Å². The Balaban J connectivity index is 1.67. The van der Waals surface area contributed by atoms with Gasteiger partial charge in [0.15, 0.2) is 0 Å². The minimum Gasteiger partial charge on any atom is -0.347 e. The summed E-state index contributed by atoms with van der Waals surface area (Å²) in [6, 6.07) is 15.6. The Morgan fingerprint density at radius 3 is 2.60 bits per heavy atom. The maximum absolute atomic E-state index is 13.6. The summed E-state index contributed by atoms with van der Waals surface area (Å²) in [7, 11) is 0. The number of benzene rings is 2. The van der Waals surface area contributed by atoms with Crippen molar-refractivity contribution in [2.75, 3.05) is 5.32 Å². The molecule has 3 aromatic rings. The van der Waals surface area contributed by atoms with Gasteiger partial charge in [-0.25, -0.2) is 14.4 Å². The maximum Gasteiger partial charge on any atom is 0.270 e. The van der Waals surface area contributed by atoms with Gasteiger partial charge in [0, 0.05) is 24.0 Å². The first-order valence-electron chi connectivity index (χ1n) is 7.80. The lowest BCUT2D eigenvalue weighted by atomic mass is 10.2. The lowest BCUT2D eigenvalue weighted by Crippen LogP contribution is -2.24. The quantitative estimate of drug-likeness (QED) is 0.747. The van der Waals surface area contributed by atoms with E-state index in [0.717, 1.165) is 11.3 Å². The summed E-state index contributed by atoms with van der Waals surface area (Å²) in [6.45, 7) is 2.09. The summed E-state index contributed by atoms with van der Waals surface area (Å²) in [5.41, 5.74) is 2.60. The molecule has 0 saturated carbocycles. The van der Waals surface area contributed by atoms with Crippen LogP contribution in [0.15, 0.2) is 60.8 Å². The van der Waals surface area contributed by atoms with Crippen molar-refractivity contribution in [2.24, 2.45) is 0 Å². The van der Waals surface area contributed by atoms with E-state index in [1.54, 1.807) is 18.2 Å². The molecule has 0 aliphatic carbocycles. The largest absolute Gasteiger partial charge is 0.347 e. The van der Waals surface area contributed by atoms with Crippen LogP contribution in [-0.4, -0.2) is 15.9 Å². The minimum atomic E-state index is -0.391. The van der Waals surface area contributed by atoms with E-state index in [0.29, 0.717) is 11.5 Å². The molecule has 0 spiro atoms. The van der Waals surface area contributed by atoms with E-state index < -0.39 is 5.91 Å². The highest BCUT2D eigenvalue weighted by Crippen LogP contribution is 2.13. The molecule has 0 atom stereocenters. The Bertz CT molecular complexity index is 881. The van der Waals surface area contributed by atoms with E-state index in [1.807, 2.05) is 31.2 Å². The molecule has 0 bridgehead atoms. The van der Waals surface area contributed by atoms with Crippen LogP contribution in [0.2, 0.25) is 0 Å². The molecule has 2 N–H and O–H groups in total. The van der Waals surface area contributed by atoms with Gasteiger partial charge in [0.05, 0.1) is 0 Å². The zero-order valence-electron chi connectivity index (χ0n) is 13.7. The first kappa shape index (κ1) is 16.6. The maximum atomic E-state index is 13.6. The number of aromatic nitrogens is 2. The van der Waals surface area contributed by atoms with Crippen molar-refractivity contribution in [2.45, 2.75) is 13.5 Å². The second-order valence-electron chi connectivity index (χ2n) is 5.53. The van der Waals surface area contributed by atoms with E-state index in [-0.39, 0.29) is 18.1 Å². The molecule has 0 aliphatic heterocycles. The fourth-order valence-electron chi connectivity index (χ4n) is 2.22. The van der Waals surface area contributed by atoms with Crippen LogP contribution in [0, 0.1) is 12.7 Å². The average Bonchev–Trinajstić information content (AvgIpc) is 2.63. The summed E-state index contributed by atoms with van der Waals surface area (Å²) < 4.78 is 13.6. The van der Waals surface area contributed by atoms with Gasteiger partial charge >= 0.3 is 0 Å². The normalized spacial score (nSPS) is 10.3. The van der Waals surface area contributed by atoms with Crippen molar-refractivity contribution in [1.82, 2.24) is 15.3 Å². The molecule has 5 nitrogen and oxygen atoms in total. The minimum absolute atomic E-state index is 0.0935. The van der Waals surface area contributed by atoms with E-state index in [4.69, 9.17) is 0 Å². The van der Waals surface area contributed by atoms with Gasteiger partial charge in [0.2, 0.25) is 5.95 Å². The molecule has 3 rings (SSSR count). The third kappa shape index (κ3) is 4.38. The molecular formula is C19H17FN4O. The van der Waals surface area contributed by atoms with Gasteiger partial charge < -0.3 is 10.6 Å². The van der Waals surface area contributed by atoms with Crippen molar-refractivity contribution in [3.63, 3.8) is 0 Å². The molecule has 0 aliphatic rings. The van der Waals surface area contributed by atoms with Crippen molar-refractivity contribution < 1.29 is 9.18 Å². The summed E-state index contributed by atoms with van der Waals surface area (Å²) in [5.74, 6) is -0.424. The Hall–Kier alpha value is -3.28. The molecule has 0 saturated heterocycles. The predicted octanol–water partition coefficient (Wildman–Crippen LogP) is 3.60. The molecule has 0 fully saturated rings. The molecule has 1 heterocycles. The second-order valence-corrected chi connectivity index (χ2v) is 5.53. The Morgan fingerprint density at radius 2 is 1.84 bits per heavy atom. The summed E-state index contributed by atoms with van der Waals surface area (Å²) in [6.07, 6.45) is 1.50. The number of amides is 1. The smallest absolute Gasteiger partial charge is 0.270 e. The molecule has 25 heavy (non-hydrogen) atoms. The van der Waals surface area contributed by atoms with Crippen LogP contribution >= 0.6 is 0 Å². The van der Waals surface area contributed by atoms with Gasteiger partial charge in [0.25, 0.3) is 5.91 Å². The number of carbonyl (C=O) groups excluding carboxylic acids is 1. The molecule has 1 amide bonds. The molecule has 0 unspecified atom stereocenters. The number of nitrogens with zero attached hydrogens (tertiary/aromatic N) is 2. The standard InChI is InChI=1S/C19H17FN4O/c1-13-6-8-15(9-7-13)23-19-21-11-10-17(24-19)18(25)22-12-14-4-2-3-5-16(14)20/h2-11H,12H2,1H3,(H,22,25)(H,21,23,24). The zero-order valence-corrected chi connectivity index (χ0v) is 13.7. The van der Waals surface area contributed by atoms with Gasteiger partial charge in [-0.05, 0) is 31.2 Å². The molecule has 126 valence electrons. The lowest BCUT2D eigenvalue weighted by molar-refractivity contribution is 0.0945. The number of carbonyl (C=O) groups is 1. The number of hydrogen-bond acceptors (Lipinski definition) is 4. The van der Waals surface area contributed by atoms with Crippen LogP contribution in [0.3, 0.4) is 0 Å². The summed E-state index contributed by atoms with van der Waals surface area (Å²) in [5, 5.41) is 5.70. The van der Waals surface area contributed by atoms with Crippen molar-refractivity contribution in [3.05, 3.63) is 83.4 Å². The predicted molar refractivity (Wildman–Crippen MR) is 94.1 cm³/mol. The van der Waals surface area contributed by atoms with Gasteiger partial charge in [-0.3, -0.25) is 4.79 Å². The van der Waals surface area contributed by atoms with Crippen LogP contribution in [0.1, 0.15) is 21.6 Å². The van der Waals surface area contributed by atoms with Crippen molar-refractivity contribution >= 4 is 17.5 Å². The Morgan fingerprint density at radius 1 is 1.08 bits per heavy atom. The fourth-order valence-corrected chi connectivity index (χ4v) is 2.22. The highest BCUT2D eigenvalue weighted by molar-refractivity contribution is 5.92. The van der Waals surface area contributed by atoms with Crippen molar-refractivity contribution in [3.8, 4) is 0 Å². The highest BCUT2D eigenvalue weighted by Gasteiger charge is 2.10. The first-order chi connectivity index (χ1) is 12.1. The molecular weight excluding hydrogens is 319 g/mol. The third-order valence-corrected chi connectivity index (χ3v) is 3.59. The summed E-state index contributed by atoms with van der Waals surface area (Å²) in [4.78, 5) is 20.5. The average molecular weight is 336 g/mol. The molecule has 6 heteroatoms. The van der Waals surface area contributed by atoms with E-state index in [2.05, 4.69) is 20.6 Å². The number of nitrogens with one attached hydrogen (secondary N) is 2.